The molecule has 0 saturated heterocycles. The van der Waals surface area contributed by atoms with Gasteiger partial charge in [-0.1, -0.05) is 6.92 Å². The molecular formula is C10H17NO. The van der Waals surface area contributed by atoms with Gasteiger partial charge in [-0.25, -0.2) is 0 Å². The van der Waals surface area contributed by atoms with E-state index in [0.717, 1.165) is 19.4 Å². The highest BCUT2D eigenvalue weighted by molar-refractivity contribution is 5.17. The summed E-state index contributed by atoms with van der Waals surface area (Å²) in [5.41, 5.74) is 7.86. The Hall–Kier alpha value is -0.500. The first-order chi connectivity index (χ1) is 5.72. The summed E-state index contributed by atoms with van der Waals surface area (Å²) in [5, 5.41) is 0. The quantitative estimate of drug-likeness (QED) is 0.680. The highest BCUT2D eigenvalue weighted by Gasteiger charge is 2.44. The molecular weight excluding hydrogens is 150 g/mol. The second-order valence-electron chi connectivity index (χ2n) is 4.30. The molecule has 0 aromatic heterocycles. The maximum atomic E-state index is 6.14. The molecule has 0 amide bonds. The average molecular weight is 167 g/mol. The Balaban J connectivity index is 2.02. The fourth-order valence-corrected chi connectivity index (χ4v) is 1.77. The Bertz CT molecular complexity index is 206. The first-order valence-electron chi connectivity index (χ1n) is 4.78. The van der Waals surface area contributed by atoms with Crippen molar-refractivity contribution >= 4 is 0 Å². The number of hydrogen-bond donors (Lipinski definition) is 1. The second-order valence-corrected chi connectivity index (χ2v) is 4.30. The van der Waals surface area contributed by atoms with Crippen LogP contribution < -0.4 is 5.73 Å². The molecule has 1 atom stereocenters. The van der Waals surface area contributed by atoms with Crippen LogP contribution in [0.4, 0.5) is 0 Å². The lowest BCUT2D eigenvalue weighted by atomic mass is 9.90. The van der Waals surface area contributed by atoms with E-state index < -0.39 is 0 Å². The third kappa shape index (κ3) is 1.36. The lowest BCUT2D eigenvalue weighted by Crippen LogP contribution is -2.32. The topological polar surface area (TPSA) is 35.2 Å². The zero-order chi connectivity index (χ0) is 8.60. The molecule has 2 heteroatoms. The number of nitrogens with two attached hydrogens (primary N) is 1. The van der Waals surface area contributed by atoms with Gasteiger partial charge in [-0.05, 0) is 36.7 Å². The van der Waals surface area contributed by atoms with Crippen molar-refractivity contribution in [3.63, 3.8) is 0 Å². The van der Waals surface area contributed by atoms with Crippen LogP contribution in [0.25, 0.3) is 0 Å². The van der Waals surface area contributed by atoms with Gasteiger partial charge in [0.15, 0.2) is 0 Å². The molecule has 2 rings (SSSR count). The molecule has 2 aliphatic rings. The minimum Gasteiger partial charge on any atom is -0.501 e. The van der Waals surface area contributed by atoms with E-state index in [-0.39, 0.29) is 6.04 Å². The SMILES string of the molecule is CC1(C(N)C2=COCCC2)CC1. The first-order valence-corrected chi connectivity index (χ1v) is 4.78. The number of hydrogen-bond acceptors (Lipinski definition) is 2. The van der Waals surface area contributed by atoms with E-state index in [2.05, 4.69) is 6.92 Å². The summed E-state index contributed by atoms with van der Waals surface area (Å²) in [6, 6.07) is 0.248. The van der Waals surface area contributed by atoms with Crippen LogP contribution in [-0.2, 0) is 4.74 Å². The van der Waals surface area contributed by atoms with E-state index in [1.54, 1.807) is 0 Å². The molecule has 1 heterocycles. The summed E-state index contributed by atoms with van der Waals surface area (Å²) in [6.07, 6.45) is 6.72. The van der Waals surface area contributed by atoms with Gasteiger partial charge in [0.1, 0.15) is 0 Å². The van der Waals surface area contributed by atoms with Crippen molar-refractivity contribution in [1.82, 2.24) is 0 Å². The largest absolute Gasteiger partial charge is 0.501 e. The molecule has 68 valence electrons. The van der Waals surface area contributed by atoms with Crippen LogP contribution in [0.1, 0.15) is 32.6 Å². The Labute approximate surface area is 73.8 Å². The molecule has 0 bridgehead atoms. The third-order valence-corrected chi connectivity index (χ3v) is 3.15. The van der Waals surface area contributed by atoms with Crippen molar-refractivity contribution in [3.05, 3.63) is 11.8 Å². The van der Waals surface area contributed by atoms with Crippen LogP contribution >= 0.6 is 0 Å². The lowest BCUT2D eigenvalue weighted by molar-refractivity contribution is 0.217. The van der Waals surface area contributed by atoms with E-state index in [0.29, 0.717) is 5.41 Å². The van der Waals surface area contributed by atoms with Crippen molar-refractivity contribution in [2.24, 2.45) is 11.1 Å². The van der Waals surface area contributed by atoms with Crippen LogP contribution in [0, 0.1) is 5.41 Å². The molecule has 0 radical (unpaired) electrons. The summed E-state index contributed by atoms with van der Waals surface area (Å²) < 4.78 is 5.28. The van der Waals surface area contributed by atoms with Gasteiger partial charge in [0.25, 0.3) is 0 Å². The van der Waals surface area contributed by atoms with E-state index in [1.807, 2.05) is 6.26 Å². The standard InChI is InChI=1S/C10H17NO/c1-10(4-5-10)9(11)8-3-2-6-12-7-8/h7,9H,2-6,11H2,1H3. The average Bonchev–Trinajstić information content (AvgIpc) is 2.85. The molecule has 2 N–H and O–H groups in total. The molecule has 2 nitrogen and oxygen atoms in total. The van der Waals surface area contributed by atoms with Gasteiger partial charge in [0, 0.05) is 6.04 Å². The molecule has 0 aromatic carbocycles. The fraction of sp³-hybridized carbons (Fsp3) is 0.800. The molecule has 1 aliphatic heterocycles. The normalized spacial score (nSPS) is 28.7. The fourth-order valence-electron chi connectivity index (χ4n) is 1.77. The smallest absolute Gasteiger partial charge is 0.0876 e. The highest BCUT2D eigenvalue weighted by atomic mass is 16.5. The van der Waals surface area contributed by atoms with Crippen LogP contribution in [0.5, 0.6) is 0 Å². The molecule has 1 unspecified atom stereocenters. The van der Waals surface area contributed by atoms with Gasteiger partial charge >= 0.3 is 0 Å². The van der Waals surface area contributed by atoms with Gasteiger partial charge in [-0.2, -0.15) is 0 Å². The van der Waals surface area contributed by atoms with Gasteiger partial charge < -0.3 is 10.5 Å². The van der Waals surface area contributed by atoms with E-state index in [4.69, 9.17) is 10.5 Å². The molecule has 1 saturated carbocycles. The van der Waals surface area contributed by atoms with Gasteiger partial charge in [-0.15, -0.1) is 0 Å². The number of ether oxygens (including phenoxy) is 1. The predicted molar refractivity (Wildman–Crippen MR) is 48.6 cm³/mol. The lowest BCUT2D eigenvalue weighted by Gasteiger charge is -2.24. The molecule has 0 spiro atoms. The molecule has 1 fully saturated rings. The number of rotatable bonds is 2. The predicted octanol–water partition coefficient (Wildman–Crippen LogP) is 1.81. The van der Waals surface area contributed by atoms with Crippen LogP contribution in [0.15, 0.2) is 11.8 Å². The molecule has 12 heavy (non-hydrogen) atoms. The zero-order valence-electron chi connectivity index (χ0n) is 7.68. The Morgan fingerprint density at radius 1 is 1.58 bits per heavy atom. The second kappa shape index (κ2) is 2.77. The van der Waals surface area contributed by atoms with Gasteiger partial charge in [-0.3, -0.25) is 0 Å². The maximum Gasteiger partial charge on any atom is 0.0876 e. The van der Waals surface area contributed by atoms with Crippen LogP contribution in [-0.4, -0.2) is 12.6 Å². The summed E-state index contributed by atoms with van der Waals surface area (Å²) in [4.78, 5) is 0. The van der Waals surface area contributed by atoms with Crippen molar-refractivity contribution in [2.45, 2.75) is 38.6 Å². The Kier molecular flexibility index (Phi) is 1.87. The van der Waals surface area contributed by atoms with Crippen LogP contribution in [0.2, 0.25) is 0 Å². The van der Waals surface area contributed by atoms with Crippen molar-refractivity contribution in [1.29, 1.82) is 0 Å². The summed E-state index contributed by atoms with van der Waals surface area (Å²) in [7, 11) is 0. The van der Waals surface area contributed by atoms with Crippen molar-refractivity contribution in [3.8, 4) is 0 Å². The molecule has 1 aliphatic carbocycles. The van der Waals surface area contributed by atoms with E-state index in [9.17, 15) is 0 Å². The van der Waals surface area contributed by atoms with Crippen LogP contribution in [0.3, 0.4) is 0 Å². The van der Waals surface area contributed by atoms with Gasteiger partial charge in [0.05, 0.1) is 12.9 Å². The molecule has 0 aromatic rings. The summed E-state index contributed by atoms with van der Waals surface area (Å²) >= 11 is 0. The monoisotopic (exact) mass is 167 g/mol. The Morgan fingerprint density at radius 3 is 2.83 bits per heavy atom. The summed E-state index contributed by atoms with van der Waals surface area (Å²) in [6.45, 7) is 3.14. The Morgan fingerprint density at radius 2 is 2.33 bits per heavy atom. The van der Waals surface area contributed by atoms with E-state index in [1.165, 1.54) is 18.4 Å². The third-order valence-electron chi connectivity index (χ3n) is 3.15. The maximum absolute atomic E-state index is 6.14. The first kappa shape index (κ1) is 8.11. The summed E-state index contributed by atoms with van der Waals surface area (Å²) in [5.74, 6) is 0. The van der Waals surface area contributed by atoms with E-state index >= 15 is 0 Å². The van der Waals surface area contributed by atoms with Crippen molar-refractivity contribution in [2.75, 3.05) is 6.61 Å². The zero-order valence-corrected chi connectivity index (χ0v) is 7.68. The van der Waals surface area contributed by atoms with Crippen molar-refractivity contribution < 1.29 is 4.74 Å². The minimum atomic E-state index is 0.248. The minimum absolute atomic E-state index is 0.248. The highest BCUT2D eigenvalue weighted by Crippen LogP contribution is 2.49. The van der Waals surface area contributed by atoms with Gasteiger partial charge in [0.2, 0.25) is 0 Å².